The van der Waals surface area contributed by atoms with E-state index in [1.54, 1.807) is 58.4 Å². The molecule has 0 spiro atoms. The smallest absolute Gasteiger partial charge is 0.300 e. The van der Waals surface area contributed by atoms with Crippen molar-refractivity contribution in [3.05, 3.63) is 175 Å². The molecule has 0 bridgehead atoms. The predicted octanol–water partition coefficient (Wildman–Crippen LogP) is 13.0. The van der Waals surface area contributed by atoms with E-state index in [0.717, 1.165) is 118 Å². The summed E-state index contributed by atoms with van der Waals surface area (Å²) in [5, 5.41) is 66.8. The number of aryl methyl sites for hydroxylation is 6. The van der Waals surface area contributed by atoms with Gasteiger partial charge in [-0.25, -0.2) is 49.8 Å². The van der Waals surface area contributed by atoms with Gasteiger partial charge in [-0.1, -0.05) is 35.9 Å². The number of nitrogens with one attached hydrogen (secondary N) is 3. The molecule has 10 aliphatic rings. The highest BCUT2D eigenvalue weighted by molar-refractivity contribution is 6.30. The molecule has 632 valence electrons. The highest BCUT2D eigenvalue weighted by Gasteiger charge is 2.43. The molecule has 36 heteroatoms. The molecule has 10 aromatic rings. The Hall–Kier alpha value is -13.7. The second-order valence-electron chi connectivity index (χ2n) is 31.3. The van der Waals surface area contributed by atoms with Crippen molar-refractivity contribution < 1.29 is 74.0 Å². The molecule has 3 saturated carbocycles. The first kappa shape index (κ1) is 83.0. The van der Waals surface area contributed by atoms with E-state index in [2.05, 4.69) is 41.4 Å². The van der Waals surface area contributed by atoms with Gasteiger partial charge in [0.25, 0.3) is 29.5 Å². The Balaban J connectivity index is 0.000000114. The molecule has 7 aliphatic heterocycles. The first-order chi connectivity index (χ1) is 59.4. The van der Waals surface area contributed by atoms with Gasteiger partial charge in [-0.3, -0.25) is 24.0 Å². The topological polar surface area (TPSA) is 358 Å². The lowest BCUT2D eigenvalue weighted by Gasteiger charge is -2.30. The van der Waals surface area contributed by atoms with E-state index in [9.17, 15) is 50.3 Å². The fourth-order valence-corrected chi connectivity index (χ4v) is 15.0. The first-order valence-electron chi connectivity index (χ1n) is 40.5. The third kappa shape index (κ3) is 17.5. The predicted molar refractivity (Wildman–Crippen MR) is 429 cm³/mol. The molecule has 5 aromatic heterocycles. The third-order valence-corrected chi connectivity index (χ3v) is 22.3. The molecular weight excluding hydrogens is 1620 g/mol. The Morgan fingerprint density at radius 2 is 0.805 bits per heavy atom. The van der Waals surface area contributed by atoms with Crippen molar-refractivity contribution in [2.24, 2.45) is 0 Å². The maximum Gasteiger partial charge on any atom is 0.300 e. The van der Waals surface area contributed by atoms with E-state index in [0.29, 0.717) is 143 Å². The highest BCUT2D eigenvalue weighted by Crippen LogP contribution is 2.45. The lowest BCUT2D eigenvalue weighted by atomic mass is 9.97. The zero-order chi connectivity index (χ0) is 86.2. The number of aromatic nitrogens is 10. The van der Waals surface area contributed by atoms with Crippen LogP contribution in [0.25, 0.3) is 55.6 Å². The van der Waals surface area contributed by atoms with Crippen LogP contribution in [0.4, 0.5) is 26.3 Å². The summed E-state index contributed by atoms with van der Waals surface area (Å²) < 4.78 is 120. The van der Waals surface area contributed by atoms with E-state index in [1.165, 1.54) is 28.9 Å². The monoisotopic (exact) mass is 1700 g/mol. The number of ether oxygens (including phenoxy) is 5. The van der Waals surface area contributed by atoms with Crippen LogP contribution in [0, 0.1) is 82.4 Å². The summed E-state index contributed by atoms with van der Waals surface area (Å²) in [6.07, 6.45) is 10.9. The average molecular weight is 1700 g/mol. The van der Waals surface area contributed by atoms with Crippen molar-refractivity contribution in [2.45, 2.75) is 161 Å². The normalized spacial score (nSPS) is 17.0. The second kappa shape index (κ2) is 34.8. The summed E-state index contributed by atoms with van der Waals surface area (Å²) in [7, 11) is 0. The number of halogens is 7. The second-order valence-corrected chi connectivity index (χ2v) is 31.8. The summed E-state index contributed by atoms with van der Waals surface area (Å²) in [5.41, 5.74) is 7.26. The average Bonchev–Trinajstić information content (AvgIpc) is 1.64. The maximum atomic E-state index is 14.5. The number of carbonyl (C=O) groups is 5. The maximum absolute atomic E-state index is 14.5. The number of nitriles is 4. The van der Waals surface area contributed by atoms with Crippen LogP contribution in [-0.4, -0.2) is 171 Å². The Labute approximate surface area is 705 Å². The minimum absolute atomic E-state index is 0.00630. The Morgan fingerprint density at radius 3 is 1.24 bits per heavy atom. The number of amides is 5. The SMILES string of the molecule is CC1CCn2nc(C(=O)N3CCC3)c(-c3ccc(Cl)cc3)c2O1.Cc1cc(C#N)c(F)cc1-c1c(C(=O)N2CCC2)nn2c1OCCC2.Cc1cc(C#N)c(F)cc1-c1c(C(=O)NC2CC2)nn2c1OCCC2.N#Cc1cc(F)c(-c2c(C(=O)NC3CC3)nn3c2OCCC3)cc1F.N#Cc1ccc(-c2c(C(=O)NC3CC3)nn3c2OCC(F)(F)C3)cc1. The zero-order valence-corrected chi connectivity index (χ0v) is 67.7. The first-order valence-corrected chi connectivity index (χ1v) is 40.9. The third-order valence-electron chi connectivity index (χ3n) is 22.0. The number of benzene rings is 5. The number of rotatable bonds is 13. The molecule has 3 aliphatic carbocycles. The molecule has 20 rings (SSSR count). The van der Waals surface area contributed by atoms with Gasteiger partial charge in [0.1, 0.15) is 48.0 Å². The number of hydrogen-bond donors (Lipinski definition) is 3. The van der Waals surface area contributed by atoms with Gasteiger partial charge in [0.05, 0.1) is 82.1 Å². The van der Waals surface area contributed by atoms with Gasteiger partial charge >= 0.3 is 5.92 Å². The van der Waals surface area contributed by atoms with E-state index in [-0.39, 0.29) is 93.0 Å². The molecule has 123 heavy (non-hydrogen) atoms. The van der Waals surface area contributed by atoms with E-state index in [4.69, 9.17) is 56.3 Å². The number of alkyl halides is 2. The Bertz CT molecular complexity index is 5900. The van der Waals surface area contributed by atoms with Crippen LogP contribution < -0.4 is 39.6 Å². The fourth-order valence-electron chi connectivity index (χ4n) is 14.8. The van der Waals surface area contributed by atoms with Crippen LogP contribution >= 0.6 is 11.6 Å². The molecule has 12 heterocycles. The molecule has 3 N–H and O–H groups in total. The van der Waals surface area contributed by atoms with E-state index < -0.39 is 59.7 Å². The Kier molecular flexibility index (Phi) is 23.5. The molecule has 29 nitrogen and oxygen atoms in total. The zero-order valence-electron chi connectivity index (χ0n) is 67.0. The fraction of sp³-hybridized carbons (Fsp3) is 0.379. The lowest BCUT2D eigenvalue weighted by molar-refractivity contribution is -0.0793. The van der Waals surface area contributed by atoms with Gasteiger partial charge < -0.3 is 49.4 Å². The van der Waals surface area contributed by atoms with Crippen molar-refractivity contribution in [1.29, 1.82) is 21.0 Å². The number of fused-ring (bicyclic) bond motifs is 5. The van der Waals surface area contributed by atoms with Crippen molar-refractivity contribution >= 4 is 41.1 Å². The largest absolute Gasteiger partial charge is 0.477 e. The summed E-state index contributed by atoms with van der Waals surface area (Å²) >= 11 is 6.00. The summed E-state index contributed by atoms with van der Waals surface area (Å²) in [6, 6.07) is 29.0. The van der Waals surface area contributed by atoms with E-state index >= 15 is 0 Å². The van der Waals surface area contributed by atoms with Crippen LogP contribution in [0.3, 0.4) is 0 Å². The quantitative estimate of drug-likeness (QED) is 0.0903. The molecule has 0 radical (unpaired) electrons. The van der Waals surface area contributed by atoms with Gasteiger partial charge in [-0.05, 0) is 166 Å². The highest BCUT2D eigenvalue weighted by atomic mass is 35.5. The Morgan fingerprint density at radius 1 is 0.431 bits per heavy atom. The molecule has 1 unspecified atom stereocenters. The standard InChI is InChI=1S/2C18H17FN4O2.C17H18ClN3O2.2C17H14F2N4O2/c1-10-7-11(9-20)14(19)8-13(10)15-16(17(24)21-12-3-4-12)22-23-5-2-6-25-18(15)23;1-11-8-12(10-20)14(19)9-13(11)15-16(17(24)22-4-2-5-22)21-23-6-3-7-25-18(15)23;1-11-7-10-21-17(23-11)14(12-3-5-13(18)6-4-12)15(19-21)16(22)20-8-2-9-20;18-12-7-11(13(19)6-9(12)8-20)14-15(16(24)21-10-2-3-10)22-23-4-1-5-25-17(14)23;18-17(19)8-23-16(25-9-17)13(11-3-1-10(7-20)2-4-11)14(22-23)15(24)21-12-5-6-12/h7-8,12H,2-6H2,1H3,(H,21,24);8-9H,2-7H2,1H3;3-6,11H,2,7-10H2,1H3;6-7,10H,1-5H2,(H,21,24);1-4,12H,5-6,8-9H2,(H,21,24). The van der Waals surface area contributed by atoms with Gasteiger partial charge in [0.2, 0.25) is 29.4 Å². The molecule has 2 saturated heterocycles. The van der Waals surface area contributed by atoms with Crippen molar-refractivity contribution in [2.75, 3.05) is 52.6 Å². The van der Waals surface area contributed by atoms with Gasteiger partial charge in [0.15, 0.2) is 35.1 Å². The van der Waals surface area contributed by atoms with Gasteiger partial charge in [0, 0.05) is 107 Å². The number of carbonyl (C=O) groups excluding carboxylic acids is 5. The number of likely N-dealkylation sites (tertiary alicyclic amines) is 2. The van der Waals surface area contributed by atoms with Crippen LogP contribution in [0.1, 0.15) is 170 Å². The minimum Gasteiger partial charge on any atom is -0.477 e. The van der Waals surface area contributed by atoms with Gasteiger partial charge in [-0.15, -0.1) is 0 Å². The van der Waals surface area contributed by atoms with E-state index in [1.807, 2.05) is 59.0 Å². The summed E-state index contributed by atoms with van der Waals surface area (Å²) in [6.45, 7) is 11.3. The molecule has 5 aromatic carbocycles. The summed E-state index contributed by atoms with van der Waals surface area (Å²) in [4.78, 5) is 66.8. The van der Waals surface area contributed by atoms with Crippen molar-refractivity contribution in [3.63, 3.8) is 0 Å². The number of hydrogen-bond acceptors (Lipinski definition) is 19. The minimum atomic E-state index is -3.04. The molecule has 5 amide bonds. The van der Waals surface area contributed by atoms with Crippen LogP contribution in [0.2, 0.25) is 5.02 Å². The van der Waals surface area contributed by atoms with Gasteiger partial charge in [-0.2, -0.15) is 46.5 Å². The molecule has 5 fully saturated rings. The van der Waals surface area contributed by atoms with Crippen molar-refractivity contribution in [1.82, 2.24) is 74.7 Å². The van der Waals surface area contributed by atoms with Crippen LogP contribution in [-0.2, 0) is 32.7 Å². The lowest BCUT2D eigenvalue weighted by Crippen LogP contribution is -2.42. The molecule has 1 atom stereocenters. The van der Waals surface area contributed by atoms with Crippen molar-refractivity contribution in [3.8, 4) is 109 Å². The van der Waals surface area contributed by atoms with Crippen LogP contribution in [0.5, 0.6) is 29.4 Å². The number of nitrogens with zero attached hydrogens (tertiary/aromatic N) is 16. The van der Waals surface area contributed by atoms with Crippen LogP contribution in [0.15, 0.2) is 84.9 Å². The summed E-state index contributed by atoms with van der Waals surface area (Å²) in [5.74, 6) is -5.14. The molecular formula is C87H80ClF6N19O10.